The summed E-state index contributed by atoms with van der Waals surface area (Å²) in [5.74, 6) is -0.106. The van der Waals surface area contributed by atoms with Gasteiger partial charge in [-0.25, -0.2) is 8.42 Å². The average Bonchev–Trinajstić information content (AvgIpc) is 2.72. The maximum absolute atomic E-state index is 12.8. The number of carbonyl (C=O) groups is 1. The molecule has 0 atom stereocenters. The first-order valence-corrected chi connectivity index (χ1v) is 8.28. The number of benzene rings is 2. The van der Waals surface area contributed by atoms with Crippen LogP contribution in [0.2, 0.25) is 0 Å². The highest BCUT2D eigenvalue weighted by atomic mass is 32.2. The van der Waals surface area contributed by atoms with Crippen molar-refractivity contribution in [1.29, 1.82) is 0 Å². The number of carbonyl (C=O) groups excluding carboxylic acids is 1. The number of rotatable bonds is 2. The summed E-state index contributed by atoms with van der Waals surface area (Å²) in [7, 11) is -3.59. The second-order valence-corrected chi connectivity index (χ2v) is 6.89. The lowest BCUT2D eigenvalue weighted by atomic mass is 10.1. The molecule has 0 spiro atoms. The van der Waals surface area contributed by atoms with Gasteiger partial charge in [0.1, 0.15) is 0 Å². The van der Waals surface area contributed by atoms with Crippen LogP contribution in [-0.4, -0.2) is 38.3 Å². The molecule has 2 aromatic rings. The molecular weight excluding hydrogens is 288 g/mol. The minimum Gasteiger partial charge on any atom is -0.355 e. The van der Waals surface area contributed by atoms with Crippen molar-refractivity contribution in [3.05, 3.63) is 42.5 Å². The van der Waals surface area contributed by atoms with Crippen LogP contribution in [-0.2, 0) is 14.8 Å². The van der Waals surface area contributed by atoms with Crippen molar-refractivity contribution in [3.63, 3.8) is 0 Å². The molecule has 6 heteroatoms. The number of fused-ring (bicyclic) bond motifs is 1. The molecule has 0 aliphatic carbocycles. The molecule has 3 rings (SSSR count). The maximum atomic E-state index is 12.8. The fraction of sp³-hybridized carbons (Fsp3) is 0.267. The molecule has 110 valence electrons. The Kier molecular flexibility index (Phi) is 3.65. The van der Waals surface area contributed by atoms with Crippen LogP contribution in [0.4, 0.5) is 0 Å². The van der Waals surface area contributed by atoms with E-state index < -0.39 is 10.0 Å². The third-order valence-electron chi connectivity index (χ3n) is 3.64. The quantitative estimate of drug-likeness (QED) is 0.911. The Balaban J connectivity index is 2.06. The molecule has 0 unspecified atom stereocenters. The molecule has 1 amide bonds. The first-order valence-electron chi connectivity index (χ1n) is 6.84. The molecule has 1 saturated heterocycles. The molecule has 2 aromatic carbocycles. The number of amides is 1. The Morgan fingerprint density at radius 2 is 1.76 bits per heavy atom. The fourth-order valence-corrected chi connectivity index (χ4v) is 4.20. The highest BCUT2D eigenvalue weighted by Gasteiger charge is 2.27. The number of hydrogen-bond donors (Lipinski definition) is 1. The van der Waals surface area contributed by atoms with Crippen LogP contribution in [0.1, 0.15) is 6.42 Å². The van der Waals surface area contributed by atoms with Crippen molar-refractivity contribution in [3.8, 4) is 0 Å². The Hall–Kier alpha value is -1.92. The van der Waals surface area contributed by atoms with Gasteiger partial charge >= 0.3 is 0 Å². The zero-order chi connectivity index (χ0) is 14.9. The lowest BCUT2D eigenvalue weighted by Crippen LogP contribution is -2.34. The molecule has 0 aromatic heterocycles. The van der Waals surface area contributed by atoms with Crippen LogP contribution in [0.5, 0.6) is 0 Å². The van der Waals surface area contributed by atoms with E-state index in [0.29, 0.717) is 23.4 Å². The molecule has 1 aliphatic heterocycles. The molecule has 1 aliphatic rings. The predicted molar refractivity (Wildman–Crippen MR) is 80.3 cm³/mol. The standard InChI is InChI=1S/C15H16N2O3S/c18-15-8-10-17(11-9-16-15)21(19,20)14-7-3-5-12-4-1-2-6-13(12)14/h1-7H,8-11H2,(H,16,18). The van der Waals surface area contributed by atoms with Crippen LogP contribution < -0.4 is 5.32 Å². The first-order chi connectivity index (χ1) is 10.1. The van der Waals surface area contributed by atoms with E-state index in [0.717, 1.165) is 5.39 Å². The Morgan fingerprint density at radius 1 is 1.00 bits per heavy atom. The van der Waals surface area contributed by atoms with Gasteiger partial charge < -0.3 is 5.32 Å². The van der Waals surface area contributed by atoms with Crippen LogP contribution in [0.25, 0.3) is 10.8 Å². The molecule has 0 bridgehead atoms. The minimum atomic E-state index is -3.59. The van der Waals surface area contributed by atoms with E-state index >= 15 is 0 Å². The van der Waals surface area contributed by atoms with Crippen molar-refractivity contribution in [2.45, 2.75) is 11.3 Å². The molecule has 1 fully saturated rings. The summed E-state index contributed by atoms with van der Waals surface area (Å²) in [5.41, 5.74) is 0. The Morgan fingerprint density at radius 3 is 2.62 bits per heavy atom. The molecule has 1 N–H and O–H groups in total. The zero-order valence-electron chi connectivity index (χ0n) is 11.5. The third-order valence-corrected chi connectivity index (χ3v) is 5.60. The van der Waals surface area contributed by atoms with Crippen LogP contribution >= 0.6 is 0 Å². The largest absolute Gasteiger partial charge is 0.355 e. The summed E-state index contributed by atoms with van der Waals surface area (Å²) in [5, 5.41) is 4.29. The van der Waals surface area contributed by atoms with Gasteiger partial charge in [0.15, 0.2) is 0 Å². The summed E-state index contributed by atoms with van der Waals surface area (Å²) in [6, 6.07) is 12.7. The summed E-state index contributed by atoms with van der Waals surface area (Å²) >= 11 is 0. The monoisotopic (exact) mass is 304 g/mol. The third kappa shape index (κ3) is 2.64. The van der Waals surface area contributed by atoms with Gasteiger partial charge in [-0.2, -0.15) is 4.31 Å². The summed E-state index contributed by atoms with van der Waals surface area (Å²) in [4.78, 5) is 11.7. The lowest BCUT2D eigenvalue weighted by molar-refractivity contribution is -0.120. The van der Waals surface area contributed by atoms with E-state index in [1.165, 1.54) is 4.31 Å². The van der Waals surface area contributed by atoms with E-state index in [9.17, 15) is 13.2 Å². The van der Waals surface area contributed by atoms with Crippen LogP contribution in [0.15, 0.2) is 47.4 Å². The van der Waals surface area contributed by atoms with Gasteiger partial charge in [0.25, 0.3) is 0 Å². The fourth-order valence-electron chi connectivity index (χ4n) is 2.55. The molecular formula is C15H16N2O3S. The zero-order valence-corrected chi connectivity index (χ0v) is 12.3. The van der Waals surface area contributed by atoms with E-state index in [-0.39, 0.29) is 18.9 Å². The first kappa shape index (κ1) is 14.0. The van der Waals surface area contributed by atoms with Gasteiger partial charge in [0, 0.05) is 31.4 Å². The van der Waals surface area contributed by atoms with Gasteiger partial charge in [0.2, 0.25) is 15.9 Å². The minimum absolute atomic E-state index is 0.106. The second kappa shape index (κ2) is 5.46. The van der Waals surface area contributed by atoms with Gasteiger partial charge in [0.05, 0.1) is 4.90 Å². The normalized spacial score (nSPS) is 17.4. The molecule has 0 saturated carbocycles. The van der Waals surface area contributed by atoms with E-state index in [2.05, 4.69) is 5.32 Å². The smallest absolute Gasteiger partial charge is 0.243 e. The Labute approximate surface area is 123 Å². The average molecular weight is 304 g/mol. The summed E-state index contributed by atoms with van der Waals surface area (Å²) in [6.07, 6.45) is 0.198. The number of hydrogen-bond acceptors (Lipinski definition) is 3. The van der Waals surface area contributed by atoms with Crippen LogP contribution in [0, 0.1) is 0 Å². The maximum Gasteiger partial charge on any atom is 0.243 e. The summed E-state index contributed by atoms with van der Waals surface area (Å²) in [6.45, 7) is 0.873. The van der Waals surface area contributed by atoms with Crippen LogP contribution in [0.3, 0.4) is 0 Å². The molecule has 0 radical (unpaired) electrons. The van der Waals surface area contributed by atoms with E-state index in [4.69, 9.17) is 0 Å². The van der Waals surface area contributed by atoms with Gasteiger partial charge in [-0.3, -0.25) is 4.79 Å². The van der Waals surface area contributed by atoms with Crippen molar-refractivity contribution in [2.75, 3.05) is 19.6 Å². The number of nitrogens with zero attached hydrogens (tertiary/aromatic N) is 1. The van der Waals surface area contributed by atoms with Gasteiger partial charge in [-0.05, 0) is 11.5 Å². The molecule has 21 heavy (non-hydrogen) atoms. The molecule has 5 nitrogen and oxygen atoms in total. The van der Waals surface area contributed by atoms with Crippen molar-refractivity contribution < 1.29 is 13.2 Å². The highest BCUT2D eigenvalue weighted by molar-refractivity contribution is 7.89. The van der Waals surface area contributed by atoms with Gasteiger partial charge in [-0.15, -0.1) is 0 Å². The Bertz CT molecular complexity index is 781. The molecule has 1 heterocycles. The van der Waals surface area contributed by atoms with Gasteiger partial charge in [-0.1, -0.05) is 36.4 Å². The van der Waals surface area contributed by atoms with Crippen molar-refractivity contribution >= 4 is 26.7 Å². The second-order valence-electron chi connectivity index (χ2n) is 4.98. The predicted octanol–water partition coefficient (Wildman–Crippen LogP) is 1.35. The van der Waals surface area contributed by atoms with E-state index in [1.54, 1.807) is 12.1 Å². The van der Waals surface area contributed by atoms with E-state index in [1.807, 2.05) is 30.3 Å². The number of nitrogens with one attached hydrogen (secondary N) is 1. The summed E-state index contributed by atoms with van der Waals surface area (Å²) < 4.78 is 27.1. The number of sulfonamides is 1. The van der Waals surface area contributed by atoms with Crippen molar-refractivity contribution in [2.24, 2.45) is 0 Å². The highest BCUT2D eigenvalue weighted by Crippen LogP contribution is 2.25. The topological polar surface area (TPSA) is 66.5 Å². The lowest BCUT2D eigenvalue weighted by Gasteiger charge is -2.20. The van der Waals surface area contributed by atoms with Crippen molar-refractivity contribution in [1.82, 2.24) is 9.62 Å². The SMILES string of the molecule is O=C1CCN(S(=O)(=O)c2cccc3ccccc23)CCN1.